The zero-order chi connectivity index (χ0) is 10.6. The number of hydrazine groups is 1. The van der Waals surface area contributed by atoms with Crippen LogP contribution >= 0.6 is 0 Å². The molecule has 5 heteroatoms. The van der Waals surface area contributed by atoms with Crippen LogP contribution in [0.3, 0.4) is 0 Å². The molecule has 1 aromatic heterocycles. The second kappa shape index (κ2) is 4.57. The number of rotatable bonds is 4. The number of anilines is 1. The lowest BCUT2D eigenvalue weighted by atomic mass is 10.3. The first kappa shape index (κ1) is 10.5. The molecule has 0 aliphatic rings. The highest BCUT2D eigenvalue weighted by Crippen LogP contribution is 2.02. The van der Waals surface area contributed by atoms with Crippen molar-refractivity contribution in [1.82, 2.24) is 10.4 Å². The second-order valence-electron chi connectivity index (χ2n) is 3.22. The molecule has 0 radical (unpaired) electrons. The fraction of sp³-hybridized carbons (Fsp3) is 0.333. The predicted molar refractivity (Wildman–Crippen MR) is 54.6 cm³/mol. The summed E-state index contributed by atoms with van der Waals surface area (Å²) in [6.07, 6.45) is 1.44. The summed E-state index contributed by atoms with van der Waals surface area (Å²) in [7, 11) is 0. The maximum Gasteiger partial charge on any atom is 0.250 e. The van der Waals surface area contributed by atoms with Crippen molar-refractivity contribution in [3.63, 3.8) is 0 Å². The molecule has 1 amide bonds. The number of hydrogen-bond donors (Lipinski definition) is 3. The Morgan fingerprint density at radius 3 is 2.64 bits per heavy atom. The molecule has 0 spiro atoms. The molecule has 76 valence electrons. The Kier molecular flexibility index (Phi) is 3.41. The van der Waals surface area contributed by atoms with Crippen molar-refractivity contribution in [1.29, 1.82) is 0 Å². The summed E-state index contributed by atoms with van der Waals surface area (Å²) in [6.45, 7) is 4.01. The zero-order valence-corrected chi connectivity index (χ0v) is 8.24. The Bertz CT molecular complexity index is 307. The summed E-state index contributed by atoms with van der Waals surface area (Å²) in [5.41, 5.74) is 11.4. The molecule has 1 rings (SSSR count). The normalized spacial score (nSPS) is 10.2. The fourth-order valence-corrected chi connectivity index (χ4v) is 0.832. The molecular formula is C9H14N4O. The number of carbonyl (C=O) groups is 1. The van der Waals surface area contributed by atoms with Crippen molar-refractivity contribution in [2.45, 2.75) is 19.9 Å². The van der Waals surface area contributed by atoms with E-state index in [9.17, 15) is 4.79 Å². The molecule has 0 aliphatic heterocycles. The molecule has 1 heterocycles. The lowest BCUT2D eigenvalue weighted by molar-refractivity contribution is 0.1000. The highest BCUT2D eigenvalue weighted by Gasteiger charge is 2.00. The van der Waals surface area contributed by atoms with Gasteiger partial charge in [0.25, 0.3) is 0 Å². The van der Waals surface area contributed by atoms with Crippen LogP contribution in [0.5, 0.6) is 0 Å². The van der Waals surface area contributed by atoms with E-state index >= 15 is 0 Å². The molecule has 4 N–H and O–H groups in total. The molecule has 0 aromatic carbocycles. The van der Waals surface area contributed by atoms with E-state index in [4.69, 9.17) is 5.73 Å². The molecule has 14 heavy (non-hydrogen) atoms. The van der Waals surface area contributed by atoms with Gasteiger partial charge in [-0.25, -0.2) is 10.4 Å². The monoisotopic (exact) mass is 194 g/mol. The molecular weight excluding hydrogens is 180 g/mol. The van der Waals surface area contributed by atoms with Gasteiger partial charge in [-0.05, 0) is 26.0 Å². The van der Waals surface area contributed by atoms with Gasteiger partial charge in [-0.1, -0.05) is 0 Å². The van der Waals surface area contributed by atoms with Gasteiger partial charge in [-0.3, -0.25) is 4.79 Å². The lowest BCUT2D eigenvalue weighted by Crippen LogP contribution is -2.29. The van der Waals surface area contributed by atoms with Gasteiger partial charge in [0.15, 0.2) is 0 Å². The highest BCUT2D eigenvalue weighted by atomic mass is 16.1. The van der Waals surface area contributed by atoms with Crippen molar-refractivity contribution in [2.75, 3.05) is 5.43 Å². The van der Waals surface area contributed by atoms with E-state index in [0.717, 1.165) is 0 Å². The van der Waals surface area contributed by atoms with Crippen LogP contribution in [-0.2, 0) is 0 Å². The third kappa shape index (κ3) is 3.02. The van der Waals surface area contributed by atoms with E-state index in [1.165, 1.54) is 6.20 Å². The van der Waals surface area contributed by atoms with Crippen molar-refractivity contribution in [2.24, 2.45) is 5.73 Å². The number of amides is 1. The van der Waals surface area contributed by atoms with Crippen molar-refractivity contribution in [3.8, 4) is 0 Å². The SMILES string of the molecule is CC(C)NNc1ccc(C(N)=O)cn1. The van der Waals surface area contributed by atoms with Gasteiger partial charge < -0.3 is 11.2 Å². The topological polar surface area (TPSA) is 80.0 Å². The van der Waals surface area contributed by atoms with Crippen LogP contribution in [0.1, 0.15) is 24.2 Å². The highest BCUT2D eigenvalue weighted by molar-refractivity contribution is 5.92. The molecule has 0 atom stereocenters. The summed E-state index contributed by atoms with van der Waals surface area (Å²) >= 11 is 0. The lowest BCUT2D eigenvalue weighted by Gasteiger charge is -2.10. The van der Waals surface area contributed by atoms with Crippen LogP contribution in [0.15, 0.2) is 18.3 Å². The number of pyridine rings is 1. The average molecular weight is 194 g/mol. The van der Waals surface area contributed by atoms with Crippen LogP contribution in [0.4, 0.5) is 5.82 Å². The van der Waals surface area contributed by atoms with Crippen molar-refractivity contribution in [3.05, 3.63) is 23.9 Å². The first-order valence-electron chi connectivity index (χ1n) is 4.37. The smallest absolute Gasteiger partial charge is 0.250 e. The minimum absolute atomic E-state index is 0.313. The maximum atomic E-state index is 10.7. The summed E-state index contributed by atoms with van der Waals surface area (Å²) in [5.74, 6) is 0.185. The van der Waals surface area contributed by atoms with E-state index in [2.05, 4.69) is 15.8 Å². The first-order chi connectivity index (χ1) is 6.59. The Hall–Kier alpha value is -1.62. The van der Waals surface area contributed by atoms with Gasteiger partial charge in [0.2, 0.25) is 5.91 Å². The van der Waals surface area contributed by atoms with E-state index in [0.29, 0.717) is 17.4 Å². The standard InChI is InChI=1S/C9H14N4O/c1-6(2)12-13-8-4-3-7(5-11-8)9(10)14/h3-6,12H,1-2H3,(H2,10,14)(H,11,13). The van der Waals surface area contributed by atoms with Crippen LogP contribution < -0.4 is 16.6 Å². The zero-order valence-electron chi connectivity index (χ0n) is 8.24. The Morgan fingerprint density at radius 2 is 2.21 bits per heavy atom. The molecule has 1 aromatic rings. The molecule has 0 saturated heterocycles. The van der Waals surface area contributed by atoms with Crippen molar-refractivity contribution < 1.29 is 4.79 Å². The summed E-state index contributed by atoms with van der Waals surface area (Å²) in [5, 5.41) is 0. The van der Waals surface area contributed by atoms with Crippen LogP contribution in [0, 0.1) is 0 Å². The largest absolute Gasteiger partial charge is 0.366 e. The second-order valence-corrected chi connectivity index (χ2v) is 3.22. The van der Waals surface area contributed by atoms with Crippen molar-refractivity contribution >= 4 is 11.7 Å². The van der Waals surface area contributed by atoms with E-state index in [-0.39, 0.29) is 0 Å². The summed E-state index contributed by atoms with van der Waals surface area (Å²) in [6, 6.07) is 3.63. The summed E-state index contributed by atoms with van der Waals surface area (Å²) in [4.78, 5) is 14.7. The van der Waals surface area contributed by atoms with Gasteiger partial charge in [-0.2, -0.15) is 0 Å². The number of primary amides is 1. The first-order valence-corrected chi connectivity index (χ1v) is 4.37. The minimum atomic E-state index is -0.471. The minimum Gasteiger partial charge on any atom is -0.366 e. The van der Waals surface area contributed by atoms with E-state index in [1.807, 2.05) is 13.8 Å². The Morgan fingerprint density at radius 1 is 1.50 bits per heavy atom. The predicted octanol–water partition coefficient (Wildman–Crippen LogP) is 0.505. The molecule has 0 saturated carbocycles. The van der Waals surface area contributed by atoms with Crippen LogP contribution in [-0.4, -0.2) is 16.9 Å². The van der Waals surface area contributed by atoms with Gasteiger partial charge in [-0.15, -0.1) is 0 Å². The molecule has 0 unspecified atom stereocenters. The third-order valence-corrected chi connectivity index (χ3v) is 1.54. The third-order valence-electron chi connectivity index (χ3n) is 1.54. The average Bonchev–Trinajstić information content (AvgIpc) is 2.15. The number of nitrogens with zero attached hydrogens (tertiary/aromatic N) is 1. The van der Waals surface area contributed by atoms with E-state index < -0.39 is 5.91 Å². The Balaban J connectivity index is 2.60. The molecule has 0 bridgehead atoms. The molecule has 0 aliphatic carbocycles. The number of hydrogen-bond acceptors (Lipinski definition) is 4. The fourth-order valence-electron chi connectivity index (χ4n) is 0.832. The number of carbonyl (C=O) groups excluding carboxylic acids is 1. The molecule has 5 nitrogen and oxygen atoms in total. The number of nitrogens with two attached hydrogens (primary N) is 1. The molecule has 0 fully saturated rings. The van der Waals surface area contributed by atoms with Crippen LogP contribution in [0.2, 0.25) is 0 Å². The number of nitrogens with one attached hydrogen (secondary N) is 2. The van der Waals surface area contributed by atoms with Gasteiger partial charge in [0.05, 0.1) is 5.56 Å². The Labute approximate surface area is 82.7 Å². The quantitative estimate of drug-likeness (QED) is 0.610. The number of aromatic nitrogens is 1. The van der Waals surface area contributed by atoms with Gasteiger partial charge in [0, 0.05) is 12.2 Å². The van der Waals surface area contributed by atoms with Gasteiger partial charge >= 0.3 is 0 Å². The maximum absolute atomic E-state index is 10.7. The van der Waals surface area contributed by atoms with Gasteiger partial charge in [0.1, 0.15) is 5.82 Å². The van der Waals surface area contributed by atoms with E-state index in [1.54, 1.807) is 12.1 Å². The van der Waals surface area contributed by atoms with Crippen LogP contribution in [0.25, 0.3) is 0 Å². The summed E-state index contributed by atoms with van der Waals surface area (Å²) < 4.78 is 0.